The second-order valence-electron chi connectivity index (χ2n) is 11.6. The Morgan fingerprint density at radius 1 is 1.17 bits per heavy atom. The number of carbonyl (C=O) groups is 4. The van der Waals surface area contributed by atoms with Gasteiger partial charge in [-0.25, -0.2) is 9.78 Å². The first kappa shape index (κ1) is 34.5. The summed E-state index contributed by atoms with van der Waals surface area (Å²) in [6.07, 6.45) is 10.1. The van der Waals surface area contributed by atoms with E-state index in [1.807, 2.05) is 25.3 Å². The summed E-state index contributed by atoms with van der Waals surface area (Å²) < 4.78 is 18.9. The Morgan fingerprint density at radius 2 is 2.00 bits per heavy atom. The maximum atomic E-state index is 13.0. The summed E-state index contributed by atoms with van der Waals surface area (Å²) in [7, 11) is 4.61. The van der Waals surface area contributed by atoms with Gasteiger partial charge in [-0.1, -0.05) is 0 Å². The summed E-state index contributed by atoms with van der Waals surface area (Å²) in [4.78, 5) is 60.3. The number of fused-ring (bicyclic) bond motifs is 1. The number of piperidine rings is 1. The molecular weight excluding hydrogens is 636 g/mol. The van der Waals surface area contributed by atoms with Crippen LogP contribution in [0.1, 0.15) is 65.7 Å². The molecule has 1 aromatic carbocycles. The van der Waals surface area contributed by atoms with Gasteiger partial charge in [0.2, 0.25) is 18.1 Å². The first-order chi connectivity index (χ1) is 23.2. The minimum atomic E-state index is -0.448. The molecule has 254 valence electrons. The van der Waals surface area contributed by atoms with Crippen LogP contribution in [-0.4, -0.2) is 84.4 Å². The molecule has 3 amide bonds. The molecule has 1 saturated heterocycles. The number of rotatable bonds is 13. The van der Waals surface area contributed by atoms with Crippen LogP contribution in [0.15, 0.2) is 58.6 Å². The van der Waals surface area contributed by atoms with Gasteiger partial charge in [-0.15, -0.1) is 11.3 Å². The van der Waals surface area contributed by atoms with Gasteiger partial charge >= 0.3 is 5.97 Å². The Labute approximate surface area is 282 Å². The monoisotopic (exact) mass is 676 g/mol. The number of aryl methyl sites for hydroxylation is 1. The Kier molecular flexibility index (Phi) is 11.4. The van der Waals surface area contributed by atoms with Crippen molar-refractivity contribution in [1.82, 2.24) is 14.5 Å². The Balaban J connectivity index is 1.10. The number of allylic oxidation sites excluding steroid dienone is 2. The fourth-order valence-corrected chi connectivity index (χ4v) is 6.63. The van der Waals surface area contributed by atoms with E-state index in [0.717, 1.165) is 53.6 Å². The molecule has 0 bridgehead atoms. The Morgan fingerprint density at radius 3 is 2.77 bits per heavy atom. The van der Waals surface area contributed by atoms with Crippen LogP contribution in [0.5, 0.6) is 0 Å². The molecule has 1 aliphatic heterocycles. The normalized spacial score (nSPS) is 18.2. The number of hydrogen-bond donors (Lipinski definition) is 2. The predicted molar refractivity (Wildman–Crippen MR) is 183 cm³/mol. The number of nitrogens with zero attached hydrogens (tertiary/aromatic N) is 4. The number of methoxy groups -OCH3 is 2. The van der Waals surface area contributed by atoms with E-state index < -0.39 is 11.9 Å². The molecule has 13 nitrogen and oxygen atoms in total. The quantitative estimate of drug-likeness (QED) is 0.110. The second kappa shape index (κ2) is 15.8. The van der Waals surface area contributed by atoms with Crippen molar-refractivity contribution in [2.24, 2.45) is 12.0 Å². The van der Waals surface area contributed by atoms with Crippen molar-refractivity contribution >= 4 is 63.3 Å². The van der Waals surface area contributed by atoms with Crippen molar-refractivity contribution < 1.29 is 33.4 Å². The van der Waals surface area contributed by atoms with E-state index in [2.05, 4.69) is 15.6 Å². The first-order valence-electron chi connectivity index (χ1n) is 15.8. The average Bonchev–Trinajstić information content (AvgIpc) is 3.68. The molecular formula is C34H40N6O7S. The molecule has 3 heterocycles. The highest BCUT2D eigenvalue weighted by atomic mass is 32.1. The summed E-state index contributed by atoms with van der Waals surface area (Å²) in [6, 6.07) is 7.06. The van der Waals surface area contributed by atoms with Gasteiger partial charge in [-0.05, 0) is 73.9 Å². The van der Waals surface area contributed by atoms with Gasteiger partial charge in [0.15, 0.2) is 5.82 Å². The molecule has 0 spiro atoms. The molecule has 0 radical (unpaired) electrons. The van der Waals surface area contributed by atoms with Crippen LogP contribution in [0.3, 0.4) is 0 Å². The number of likely N-dealkylation sites (tertiary alicyclic amines) is 1. The van der Waals surface area contributed by atoms with Crippen molar-refractivity contribution in [2.45, 2.75) is 57.6 Å². The highest BCUT2D eigenvalue weighted by Crippen LogP contribution is 2.30. The zero-order valence-electron chi connectivity index (χ0n) is 27.5. The van der Waals surface area contributed by atoms with Crippen molar-refractivity contribution in [3.63, 3.8) is 0 Å². The molecule has 1 fully saturated rings. The lowest BCUT2D eigenvalue weighted by Crippen LogP contribution is -2.39. The van der Waals surface area contributed by atoms with Crippen LogP contribution in [0.2, 0.25) is 0 Å². The molecule has 48 heavy (non-hydrogen) atoms. The van der Waals surface area contributed by atoms with Crippen molar-refractivity contribution in [3.8, 4) is 0 Å². The summed E-state index contributed by atoms with van der Waals surface area (Å²) in [5.74, 6) is -0.0391. The Hall–Kier alpha value is -4.82. The highest BCUT2D eigenvalue weighted by molar-refractivity contribution is 7.20. The number of hydrogen-bond acceptors (Lipinski definition) is 10. The Bertz CT molecular complexity index is 1770. The smallest absolute Gasteiger partial charge is 0.348 e. The molecule has 2 aliphatic rings. The average molecular weight is 677 g/mol. The molecule has 0 saturated carbocycles. The molecule has 14 heteroatoms. The van der Waals surface area contributed by atoms with E-state index in [1.54, 1.807) is 43.5 Å². The molecule has 1 unspecified atom stereocenters. The van der Waals surface area contributed by atoms with Gasteiger partial charge in [-0.2, -0.15) is 0 Å². The predicted octanol–water partition coefficient (Wildman–Crippen LogP) is 5.07. The van der Waals surface area contributed by atoms with Crippen molar-refractivity contribution in [1.29, 1.82) is 0 Å². The molecule has 1 aliphatic carbocycles. The van der Waals surface area contributed by atoms with Gasteiger partial charge in [0, 0.05) is 61.5 Å². The van der Waals surface area contributed by atoms with E-state index in [0.29, 0.717) is 35.8 Å². The van der Waals surface area contributed by atoms with Gasteiger partial charge in [0.25, 0.3) is 5.91 Å². The van der Waals surface area contributed by atoms with Crippen LogP contribution < -0.4 is 10.6 Å². The number of imidazole rings is 1. The third-order valence-electron chi connectivity index (χ3n) is 8.25. The number of amides is 3. The van der Waals surface area contributed by atoms with Gasteiger partial charge in [0.1, 0.15) is 16.7 Å². The number of aliphatic imine (C=N–C) groups is 1. The van der Waals surface area contributed by atoms with E-state index >= 15 is 0 Å². The summed E-state index contributed by atoms with van der Waals surface area (Å²) >= 11 is 1.31. The molecule has 2 aromatic heterocycles. The van der Waals surface area contributed by atoms with Gasteiger partial charge in [-0.3, -0.25) is 19.4 Å². The molecule has 3 aromatic rings. The summed E-state index contributed by atoms with van der Waals surface area (Å²) in [5.41, 5.74) is 2.40. The van der Waals surface area contributed by atoms with Gasteiger partial charge < -0.3 is 34.3 Å². The second-order valence-corrected chi connectivity index (χ2v) is 12.7. The number of carbonyl (C=O) groups excluding carboxylic acids is 4. The molecule has 2 N–H and O–H groups in total. The van der Waals surface area contributed by atoms with Crippen LogP contribution in [0.25, 0.3) is 10.1 Å². The number of aromatic nitrogens is 2. The zero-order chi connectivity index (χ0) is 34.2. The van der Waals surface area contributed by atoms with E-state index in [-0.39, 0.29) is 36.1 Å². The highest BCUT2D eigenvalue weighted by Gasteiger charge is 2.25. The lowest BCUT2D eigenvalue weighted by Gasteiger charge is -2.30. The first-order valence-corrected chi connectivity index (χ1v) is 16.6. The fraction of sp³-hybridized carbons (Fsp3) is 0.412. The SMILES string of the molecule is COC(=O)c1cc2cc(NC(=O)c3nc(NC(=O)CCCOC4CC(N=C[C@H]5CCCCN5C=O)=C(C)C=C4OC)cn3C)ccc2s1. The fourth-order valence-electron chi connectivity index (χ4n) is 5.67. The number of esters is 1. The lowest BCUT2D eigenvalue weighted by atomic mass is 10.00. The number of ether oxygens (including phenoxy) is 3. The van der Waals surface area contributed by atoms with Crippen LogP contribution in [0.4, 0.5) is 11.5 Å². The molecule has 5 rings (SSSR count). The molecule has 2 atom stereocenters. The zero-order valence-corrected chi connectivity index (χ0v) is 28.3. The van der Waals surface area contributed by atoms with Crippen molar-refractivity contribution in [2.75, 3.05) is 38.0 Å². The third kappa shape index (κ3) is 8.36. The van der Waals surface area contributed by atoms with Crippen molar-refractivity contribution in [3.05, 3.63) is 64.3 Å². The summed E-state index contributed by atoms with van der Waals surface area (Å²) in [5, 5.41) is 6.37. The van der Waals surface area contributed by atoms with Crippen LogP contribution in [-0.2, 0) is 30.8 Å². The van der Waals surface area contributed by atoms with Crippen LogP contribution in [0, 0.1) is 0 Å². The van der Waals surface area contributed by atoms with Crippen LogP contribution >= 0.6 is 11.3 Å². The number of benzene rings is 1. The minimum absolute atomic E-state index is 0.00244. The van der Waals surface area contributed by atoms with E-state index in [9.17, 15) is 19.2 Å². The summed E-state index contributed by atoms with van der Waals surface area (Å²) in [6.45, 7) is 3.05. The van der Waals surface area contributed by atoms with E-state index in [4.69, 9.17) is 19.2 Å². The maximum Gasteiger partial charge on any atom is 0.348 e. The number of nitrogens with one attached hydrogen (secondary N) is 2. The largest absolute Gasteiger partial charge is 0.498 e. The van der Waals surface area contributed by atoms with E-state index in [1.165, 1.54) is 23.0 Å². The topological polar surface area (TPSA) is 153 Å². The number of anilines is 2. The minimum Gasteiger partial charge on any atom is -0.498 e. The number of thiophene rings is 1. The standard InChI is InChI=1S/C34H40N6O7S/c1-21-14-26(45-3)27(17-25(21)35-18-24-8-5-6-12-40(24)20-41)47-13-7-9-31(42)37-30-19-39(2)32(38-30)33(43)36-23-10-11-28-22(15-23)16-29(48-28)34(44)46-4/h10-11,14-16,18-20,24,27H,5-9,12-13,17H2,1-4H3,(H,36,43)(H,37,42)/t24-,27?/m1/s1. The maximum absolute atomic E-state index is 13.0. The van der Waals surface area contributed by atoms with Gasteiger partial charge in [0.05, 0.1) is 20.3 Å². The lowest BCUT2D eigenvalue weighted by molar-refractivity contribution is -0.120. The third-order valence-corrected chi connectivity index (χ3v) is 9.35.